The monoisotopic (exact) mass is 262 g/mol. The highest BCUT2D eigenvalue weighted by molar-refractivity contribution is 7.89. The number of hydrogen-bond donors (Lipinski definition) is 3. The van der Waals surface area contributed by atoms with E-state index in [4.69, 9.17) is 10.8 Å². The molecule has 0 aromatic carbocycles. The number of aliphatic hydroxyl groups excluding tert-OH is 1. The van der Waals surface area contributed by atoms with E-state index >= 15 is 0 Å². The number of aliphatic hydroxyl groups is 1. The lowest BCUT2D eigenvalue weighted by Crippen LogP contribution is -2.33. The Morgan fingerprint density at radius 2 is 2.29 bits per heavy atom. The number of aryl methyl sites for hydroxylation is 1. The van der Waals surface area contributed by atoms with Gasteiger partial charge in [-0.05, 0) is 20.3 Å². The van der Waals surface area contributed by atoms with E-state index in [0.717, 1.165) is 0 Å². The van der Waals surface area contributed by atoms with Crippen molar-refractivity contribution < 1.29 is 13.5 Å². The first-order valence-corrected chi connectivity index (χ1v) is 6.85. The van der Waals surface area contributed by atoms with Crippen LogP contribution in [-0.2, 0) is 16.6 Å². The molecule has 1 unspecified atom stereocenters. The lowest BCUT2D eigenvalue weighted by molar-refractivity contribution is 0.275. The fourth-order valence-electron chi connectivity index (χ4n) is 1.37. The third-order valence-corrected chi connectivity index (χ3v) is 3.89. The number of nitrogen functional groups attached to an aromatic ring is 1. The van der Waals surface area contributed by atoms with Gasteiger partial charge in [0, 0.05) is 25.4 Å². The van der Waals surface area contributed by atoms with Gasteiger partial charge in [0.2, 0.25) is 10.0 Å². The summed E-state index contributed by atoms with van der Waals surface area (Å²) in [5, 5.41) is 12.6. The molecule has 0 saturated carbocycles. The van der Waals surface area contributed by atoms with Gasteiger partial charge in [-0.15, -0.1) is 0 Å². The summed E-state index contributed by atoms with van der Waals surface area (Å²) < 4.78 is 27.8. The molecule has 0 amide bonds. The lowest BCUT2D eigenvalue weighted by Gasteiger charge is -2.11. The average molecular weight is 262 g/mol. The summed E-state index contributed by atoms with van der Waals surface area (Å²) in [6.07, 6.45) is 1.74. The van der Waals surface area contributed by atoms with Crippen molar-refractivity contribution in [2.24, 2.45) is 0 Å². The van der Waals surface area contributed by atoms with Crippen molar-refractivity contribution in [3.8, 4) is 0 Å². The molecule has 1 rings (SSSR count). The number of aromatic nitrogens is 2. The SMILES string of the molecule is CCn1cc(S(=O)(=O)NC(C)CCO)c(N)n1. The molecular formula is C9H18N4O3S. The van der Waals surface area contributed by atoms with E-state index in [1.165, 1.54) is 10.9 Å². The van der Waals surface area contributed by atoms with Crippen molar-refractivity contribution in [3.05, 3.63) is 6.20 Å². The van der Waals surface area contributed by atoms with E-state index in [1.807, 2.05) is 6.92 Å². The fraction of sp³-hybridized carbons (Fsp3) is 0.667. The van der Waals surface area contributed by atoms with Crippen molar-refractivity contribution in [1.82, 2.24) is 14.5 Å². The smallest absolute Gasteiger partial charge is 0.246 e. The topological polar surface area (TPSA) is 110 Å². The van der Waals surface area contributed by atoms with Gasteiger partial charge in [-0.25, -0.2) is 13.1 Å². The second-order valence-electron chi connectivity index (χ2n) is 3.77. The Morgan fingerprint density at radius 3 is 2.76 bits per heavy atom. The van der Waals surface area contributed by atoms with Crippen molar-refractivity contribution in [2.75, 3.05) is 12.3 Å². The van der Waals surface area contributed by atoms with Gasteiger partial charge in [0.25, 0.3) is 0 Å². The number of anilines is 1. The first-order valence-electron chi connectivity index (χ1n) is 5.36. The average Bonchev–Trinajstić information content (AvgIpc) is 2.60. The Labute approximate surface area is 101 Å². The van der Waals surface area contributed by atoms with Crippen LogP contribution < -0.4 is 10.5 Å². The molecule has 0 saturated heterocycles. The van der Waals surface area contributed by atoms with Crippen LogP contribution in [-0.4, -0.2) is 36.0 Å². The Kier molecular flexibility index (Phi) is 4.49. The minimum atomic E-state index is -3.67. The maximum absolute atomic E-state index is 11.9. The van der Waals surface area contributed by atoms with Gasteiger partial charge in [-0.1, -0.05) is 0 Å². The van der Waals surface area contributed by atoms with Crippen molar-refractivity contribution in [2.45, 2.75) is 37.8 Å². The molecule has 17 heavy (non-hydrogen) atoms. The zero-order chi connectivity index (χ0) is 13.1. The predicted molar refractivity (Wildman–Crippen MR) is 63.8 cm³/mol. The molecule has 0 aliphatic carbocycles. The molecule has 0 radical (unpaired) electrons. The van der Waals surface area contributed by atoms with E-state index in [2.05, 4.69) is 9.82 Å². The molecule has 0 aliphatic rings. The highest BCUT2D eigenvalue weighted by atomic mass is 32.2. The standard InChI is InChI=1S/C9H18N4O3S/c1-3-13-6-8(9(10)11-13)17(15,16)12-7(2)4-5-14/h6-7,12,14H,3-5H2,1-2H3,(H2,10,11). The molecule has 8 heteroatoms. The molecule has 1 heterocycles. The Bertz CT molecular complexity index is 469. The van der Waals surface area contributed by atoms with E-state index in [9.17, 15) is 8.42 Å². The van der Waals surface area contributed by atoms with Crippen molar-refractivity contribution >= 4 is 15.8 Å². The summed E-state index contributed by atoms with van der Waals surface area (Å²) >= 11 is 0. The van der Waals surface area contributed by atoms with Gasteiger partial charge in [0.1, 0.15) is 4.90 Å². The van der Waals surface area contributed by atoms with Crippen LogP contribution in [0.15, 0.2) is 11.1 Å². The lowest BCUT2D eigenvalue weighted by atomic mass is 10.3. The molecule has 1 atom stereocenters. The third kappa shape index (κ3) is 3.42. The predicted octanol–water partition coefficient (Wildman–Crippen LogP) is -0.466. The minimum Gasteiger partial charge on any atom is -0.396 e. The van der Waals surface area contributed by atoms with Crippen molar-refractivity contribution in [3.63, 3.8) is 0 Å². The molecule has 98 valence electrons. The Hall–Kier alpha value is -1.12. The normalized spacial score (nSPS) is 13.8. The third-order valence-electron chi connectivity index (χ3n) is 2.29. The maximum Gasteiger partial charge on any atom is 0.246 e. The van der Waals surface area contributed by atoms with Gasteiger partial charge < -0.3 is 10.8 Å². The number of nitrogens with one attached hydrogen (secondary N) is 1. The number of nitrogens with zero attached hydrogens (tertiary/aromatic N) is 2. The molecule has 1 aromatic heterocycles. The Balaban J connectivity index is 2.92. The van der Waals surface area contributed by atoms with Crippen LogP contribution in [0.4, 0.5) is 5.82 Å². The van der Waals surface area contributed by atoms with Crippen LogP contribution in [0, 0.1) is 0 Å². The zero-order valence-corrected chi connectivity index (χ0v) is 10.7. The van der Waals surface area contributed by atoms with Gasteiger partial charge in [-0.3, -0.25) is 4.68 Å². The van der Waals surface area contributed by atoms with Crippen LogP contribution >= 0.6 is 0 Å². The van der Waals surface area contributed by atoms with Gasteiger partial charge in [0.15, 0.2) is 5.82 Å². The maximum atomic E-state index is 11.9. The molecule has 0 bridgehead atoms. The van der Waals surface area contributed by atoms with Crippen LogP contribution in [0.3, 0.4) is 0 Å². The summed E-state index contributed by atoms with van der Waals surface area (Å²) in [5.41, 5.74) is 5.55. The fourth-order valence-corrected chi connectivity index (χ4v) is 2.72. The molecule has 7 nitrogen and oxygen atoms in total. The van der Waals surface area contributed by atoms with Gasteiger partial charge >= 0.3 is 0 Å². The first-order chi connectivity index (χ1) is 7.90. The van der Waals surface area contributed by atoms with E-state index in [0.29, 0.717) is 13.0 Å². The summed E-state index contributed by atoms with van der Waals surface area (Å²) in [5.74, 6) is -0.0180. The largest absolute Gasteiger partial charge is 0.396 e. The number of hydrogen-bond acceptors (Lipinski definition) is 5. The number of nitrogens with two attached hydrogens (primary N) is 1. The molecule has 1 aromatic rings. The van der Waals surface area contributed by atoms with Crippen LogP contribution in [0.25, 0.3) is 0 Å². The minimum absolute atomic E-state index is 0.0180. The molecule has 4 N–H and O–H groups in total. The summed E-state index contributed by atoms with van der Waals surface area (Å²) in [7, 11) is -3.67. The van der Waals surface area contributed by atoms with Crippen LogP contribution in [0.1, 0.15) is 20.3 Å². The van der Waals surface area contributed by atoms with Crippen LogP contribution in [0.5, 0.6) is 0 Å². The molecule has 0 aliphatic heterocycles. The second-order valence-corrected chi connectivity index (χ2v) is 5.45. The zero-order valence-electron chi connectivity index (χ0n) is 9.92. The van der Waals surface area contributed by atoms with E-state index in [-0.39, 0.29) is 23.4 Å². The Morgan fingerprint density at radius 1 is 1.65 bits per heavy atom. The summed E-state index contributed by atoms with van der Waals surface area (Å²) in [6.45, 7) is 3.98. The molecular weight excluding hydrogens is 244 g/mol. The number of rotatable bonds is 6. The van der Waals surface area contributed by atoms with E-state index < -0.39 is 10.0 Å². The van der Waals surface area contributed by atoms with Crippen molar-refractivity contribution in [1.29, 1.82) is 0 Å². The van der Waals surface area contributed by atoms with Gasteiger partial charge in [0.05, 0.1) is 0 Å². The number of sulfonamides is 1. The van der Waals surface area contributed by atoms with Crippen LogP contribution in [0.2, 0.25) is 0 Å². The first kappa shape index (κ1) is 13.9. The highest BCUT2D eigenvalue weighted by Crippen LogP contribution is 2.16. The highest BCUT2D eigenvalue weighted by Gasteiger charge is 2.22. The van der Waals surface area contributed by atoms with Gasteiger partial charge in [-0.2, -0.15) is 5.10 Å². The molecule has 0 spiro atoms. The summed E-state index contributed by atoms with van der Waals surface area (Å²) in [6, 6.07) is -0.352. The summed E-state index contributed by atoms with van der Waals surface area (Å²) in [4.78, 5) is -0.0239. The van der Waals surface area contributed by atoms with E-state index in [1.54, 1.807) is 6.92 Å². The quantitative estimate of drug-likeness (QED) is 0.642. The second kappa shape index (κ2) is 5.48. The molecule has 0 fully saturated rings.